The third-order valence-corrected chi connectivity index (χ3v) is 4.85. The van der Waals surface area contributed by atoms with Gasteiger partial charge in [-0.15, -0.1) is 24.0 Å². The van der Waals surface area contributed by atoms with E-state index in [-0.39, 0.29) is 36.3 Å². The minimum Gasteiger partial charge on any atom is -0.484 e. The van der Waals surface area contributed by atoms with Crippen LogP contribution in [0.25, 0.3) is 0 Å². The first-order valence-electron chi connectivity index (χ1n) is 9.88. The van der Waals surface area contributed by atoms with Gasteiger partial charge in [0.2, 0.25) is 0 Å². The second-order valence-electron chi connectivity index (χ2n) is 7.49. The molecule has 1 saturated heterocycles. The van der Waals surface area contributed by atoms with E-state index in [1.54, 1.807) is 12.1 Å². The summed E-state index contributed by atoms with van der Waals surface area (Å²) in [5, 5.41) is 6.54. The van der Waals surface area contributed by atoms with Gasteiger partial charge in [0, 0.05) is 44.3 Å². The van der Waals surface area contributed by atoms with Gasteiger partial charge in [-0.05, 0) is 39.6 Å². The molecule has 0 spiro atoms. The van der Waals surface area contributed by atoms with Gasteiger partial charge in [0.25, 0.3) is 0 Å². The second-order valence-corrected chi connectivity index (χ2v) is 7.49. The highest BCUT2D eigenvalue weighted by atomic mass is 127. The number of nitrogens with zero attached hydrogens (tertiary/aromatic N) is 3. The number of nitrogens with one attached hydrogen (secondary N) is 2. The van der Waals surface area contributed by atoms with Crippen LogP contribution in [0.5, 0.6) is 5.75 Å². The molecular formula is C20H33F3IN5O. The fourth-order valence-corrected chi connectivity index (χ4v) is 3.13. The fourth-order valence-electron chi connectivity index (χ4n) is 3.13. The summed E-state index contributed by atoms with van der Waals surface area (Å²) in [6.45, 7) is 7.16. The van der Waals surface area contributed by atoms with Gasteiger partial charge in [0.15, 0.2) is 12.6 Å². The lowest BCUT2D eigenvalue weighted by molar-refractivity contribution is -0.153. The Morgan fingerprint density at radius 2 is 1.97 bits per heavy atom. The van der Waals surface area contributed by atoms with Gasteiger partial charge in [-0.25, -0.2) is 4.99 Å². The molecule has 2 rings (SSSR count). The van der Waals surface area contributed by atoms with E-state index < -0.39 is 12.8 Å². The van der Waals surface area contributed by atoms with Crippen LogP contribution in [0.2, 0.25) is 0 Å². The zero-order valence-corrected chi connectivity index (χ0v) is 20.4. The third-order valence-electron chi connectivity index (χ3n) is 4.85. The quantitative estimate of drug-likeness (QED) is 0.315. The van der Waals surface area contributed by atoms with Crippen molar-refractivity contribution in [2.75, 3.05) is 53.4 Å². The van der Waals surface area contributed by atoms with Crippen molar-refractivity contribution in [2.45, 2.75) is 32.6 Å². The Hall–Kier alpha value is -1.27. The SMILES string of the molecule is CCNC(=NCc1ccc(C)cc1OCC(F)(F)F)NCC1CN(C)CCN1C.I. The van der Waals surface area contributed by atoms with E-state index in [0.717, 1.165) is 31.7 Å². The van der Waals surface area contributed by atoms with E-state index in [1.807, 2.05) is 19.9 Å². The Labute approximate surface area is 194 Å². The van der Waals surface area contributed by atoms with Crippen molar-refractivity contribution in [3.63, 3.8) is 0 Å². The molecule has 1 unspecified atom stereocenters. The molecular weight excluding hydrogens is 510 g/mol. The minimum atomic E-state index is -4.38. The van der Waals surface area contributed by atoms with E-state index in [1.165, 1.54) is 0 Å². The average Bonchev–Trinajstić information content (AvgIpc) is 2.65. The number of hydrogen-bond donors (Lipinski definition) is 2. The maximum absolute atomic E-state index is 12.5. The molecule has 10 heteroatoms. The average molecular weight is 543 g/mol. The van der Waals surface area contributed by atoms with Crippen molar-refractivity contribution in [3.05, 3.63) is 29.3 Å². The van der Waals surface area contributed by atoms with Crippen molar-refractivity contribution in [2.24, 2.45) is 4.99 Å². The number of hydrogen-bond acceptors (Lipinski definition) is 4. The summed E-state index contributed by atoms with van der Waals surface area (Å²) < 4.78 is 42.6. The van der Waals surface area contributed by atoms with E-state index in [2.05, 4.69) is 39.5 Å². The minimum absolute atomic E-state index is 0. The fraction of sp³-hybridized carbons (Fsp3) is 0.650. The Bertz CT molecular complexity index is 687. The number of aryl methyl sites for hydroxylation is 1. The Morgan fingerprint density at radius 3 is 2.63 bits per heavy atom. The number of piperazine rings is 1. The Kier molecular flexibility index (Phi) is 11.2. The summed E-state index contributed by atoms with van der Waals surface area (Å²) in [7, 11) is 4.22. The molecule has 1 aliphatic heterocycles. The van der Waals surface area contributed by atoms with E-state index in [4.69, 9.17) is 4.74 Å². The number of likely N-dealkylation sites (N-methyl/N-ethyl adjacent to an activating group) is 2. The summed E-state index contributed by atoms with van der Waals surface area (Å²) in [6.07, 6.45) is -4.38. The zero-order valence-electron chi connectivity index (χ0n) is 18.1. The first-order valence-corrected chi connectivity index (χ1v) is 9.88. The van der Waals surface area contributed by atoms with Crippen LogP contribution in [0.3, 0.4) is 0 Å². The molecule has 1 aliphatic rings. The summed E-state index contributed by atoms with van der Waals surface area (Å²) in [6, 6.07) is 5.59. The number of aliphatic imine (C=N–C) groups is 1. The first kappa shape index (κ1) is 26.8. The summed E-state index contributed by atoms with van der Waals surface area (Å²) in [5.41, 5.74) is 1.45. The lowest BCUT2D eigenvalue weighted by Crippen LogP contribution is -2.55. The maximum atomic E-state index is 12.5. The number of alkyl halides is 3. The molecule has 1 fully saturated rings. The smallest absolute Gasteiger partial charge is 0.422 e. The lowest BCUT2D eigenvalue weighted by atomic mass is 10.1. The second kappa shape index (κ2) is 12.6. The van der Waals surface area contributed by atoms with Crippen molar-refractivity contribution >= 4 is 29.9 Å². The number of rotatable bonds is 7. The molecule has 6 nitrogen and oxygen atoms in total. The van der Waals surface area contributed by atoms with Gasteiger partial charge in [-0.2, -0.15) is 13.2 Å². The highest BCUT2D eigenvalue weighted by Crippen LogP contribution is 2.24. The zero-order chi connectivity index (χ0) is 21.4. The molecule has 172 valence electrons. The van der Waals surface area contributed by atoms with Gasteiger partial charge >= 0.3 is 6.18 Å². The highest BCUT2D eigenvalue weighted by molar-refractivity contribution is 14.0. The van der Waals surface area contributed by atoms with Gasteiger partial charge < -0.3 is 20.3 Å². The molecule has 0 aromatic heterocycles. The predicted molar refractivity (Wildman–Crippen MR) is 125 cm³/mol. The topological polar surface area (TPSA) is 52.1 Å². The molecule has 0 amide bonds. The predicted octanol–water partition coefficient (Wildman–Crippen LogP) is 2.86. The lowest BCUT2D eigenvalue weighted by Gasteiger charge is -2.37. The van der Waals surface area contributed by atoms with Crippen molar-refractivity contribution in [3.8, 4) is 5.75 Å². The third kappa shape index (κ3) is 9.25. The summed E-state index contributed by atoms with van der Waals surface area (Å²) in [4.78, 5) is 9.17. The Balaban J connectivity index is 0.00000450. The highest BCUT2D eigenvalue weighted by Gasteiger charge is 2.29. The number of benzene rings is 1. The van der Waals surface area contributed by atoms with Crippen LogP contribution >= 0.6 is 24.0 Å². The molecule has 1 aromatic rings. The van der Waals surface area contributed by atoms with Gasteiger partial charge in [-0.3, -0.25) is 4.90 Å². The largest absolute Gasteiger partial charge is 0.484 e. The number of ether oxygens (including phenoxy) is 1. The van der Waals surface area contributed by atoms with Crippen molar-refractivity contribution < 1.29 is 17.9 Å². The van der Waals surface area contributed by atoms with E-state index in [9.17, 15) is 13.2 Å². The van der Waals surface area contributed by atoms with Gasteiger partial charge in [0.05, 0.1) is 6.54 Å². The van der Waals surface area contributed by atoms with Crippen molar-refractivity contribution in [1.82, 2.24) is 20.4 Å². The van der Waals surface area contributed by atoms with Crippen LogP contribution in [0.15, 0.2) is 23.2 Å². The molecule has 0 aliphatic carbocycles. The number of guanidine groups is 1. The van der Waals surface area contributed by atoms with E-state index in [0.29, 0.717) is 24.1 Å². The van der Waals surface area contributed by atoms with E-state index >= 15 is 0 Å². The summed E-state index contributed by atoms with van der Waals surface area (Å²) >= 11 is 0. The Morgan fingerprint density at radius 1 is 1.23 bits per heavy atom. The molecule has 0 saturated carbocycles. The monoisotopic (exact) mass is 543 g/mol. The molecule has 2 N–H and O–H groups in total. The molecule has 0 bridgehead atoms. The molecule has 30 heavy (non-hydrogen) atoms. The number of halogens is 4. The van der Waals surface area contributed by atoms with Crippen LogP contribution in [-0.2, 0) is 6.54 Å². The first-order chi connectivity index (χ1) is 13.7. The van der Waals surface area contributed by atoms with Crippen LogP contribution in [0.1, 0.15) is 18.1 Å². The van der Waals surface area contributed by atoms with Crippen molar-refractivity contribution in [1.29, 1.82) is 0 Å². The van der Waals surface area contributed by atoms with Crippen LogP contribution in [-0.4, -0.2) is 81.4 Å². The summed E-state index contributed by atoms with van der Waals surface area (Å²) in [5.74, 6) is 0.854. The molecule has 1 aromatic carbocycles. The van der Waals surface area contributed by atoms with Crippen LogP contribution < -0.4 is 15.4 Å². The van der Waals surface area contributed by atoms with Gasteiger partial charge in [0.1, 0.15) is 5.75 Å². The standard InChI is InChI=1S/C20H32F3N5O.HI/c1-5-24-19(26-12-17-13-27(3)8-9-28(17)4)25-11-16-7-6-15(2)10-18(16)29-14-20(21,22)23;/h6-7,10,17H,5,8-9,11-14H2,1-4H3,(H2,24,25,26);1H. The molecule has 1 atom stereocenters. The maximum Gasteiger partial charge on any atom is 0.422 e. The van der Waals surface area contributed by atoms with Gasteiger partial charge in [-0.1, -0.05) is 12.1 Å². The van der Waals surface area contributed by atoms with Crippen LogP contribution in [0.4, 0.5) is 13.2 Å². The normalized spacial score (nSPS) is 18.6. The molecule has 0 radical (unpaired) electrons. The van der Waals surface area contributed by atoms with Crippen LogP contribution in [0, 0.1) is 6.92 Å². The molecule has 1 heterocycles.